The van der Waals surface area contributed by atoms with Gasteiger partial charge in [-0.2, -0.15) is 0 Å². The molecule has 0 saturated heterocycles. The van der Waals surface area contributed by atoms with Gasteiger partial charge in [0.2, 0.25) is 0 Å². The molecular weight excluding hydrogens is 290 g/mol. The van der Waals surface area contributed by atoms with Gasteiger partial charge in [-0.25, -0.2) is 0 Å². The van der Waals surface area contributed by atoms with Crippen molar-refractivity contribution >= 4 is 11.6 Å². The summed E-state index contributed by atoms with van der Waals surface area (Å²) in [6, 6.07) is 16.2. The van der Waals surface area contributed by atoms with E-state index in [1.54, 1.807) is 43.8 Å². The predicted molar refractivity (Wildman–Crippen MR) is 88.4 cm³/mol. The van der Waals surface area contributed by atoms with E-state index < -0.39 is 0 Å². The van der Waals surface area contributed by atoms with Crippen molar-refractivity contribution in [1.82, 2.24) is 9.97 Å². The molecule has 0 aliphatic carbocycles. The number of rotatable bonds is 4. The first-order valence-corrected chi connectivity index (χ1v) is 7.10. The van der Waals surface area contributed by atoms with Gasteiger partial charge in [-0.05, 0) is 36.4 Å². The average molecular weight is 305 g/mol. The van der Waals surface area contributed by atoms with Crippen LogP contribution in [0.5, 0.6) is 5.75 Å². The molecule has 5 heteroatoms. The lowest BCUT2D eigenvalue weighted by Gasteiger charge is -2.11. The molecule has 0 atom stereocenters. The zero-order valence-electron chi connectivity index (χ0n) is 12.6. The Morgan fingerprint density at radius 3 is 2.52 bits per heavy atom. The number of pyridine rings is 2. The van der Waals surface area contributed by atoms with Crippen molar-refractivity contribution in [3.05, 3.63) is 72.6 Å². The normalized spacial score (nSPS) is 10.1. The molecule has 114 valence electrons. The Bertz CT molecular complexity index is 819. The maximum absolute atomic E-state index is 12.6. The molecule has 1 amide bonds. The lowest BCUT2D eigenvalue weighted by atomic mass is 10.1. The minimum atomic E-state index is -0.261. The van der Waals surface area contributed by atoms with Crippen LogP contribution >= 0.6 is 0 Å². The van der Waals surface area contributed by atoms with E-state index in [-0.39, 0.29) is 5.91 Å². The van der Waals surface area contributed by atoms with Crippen molar-refractivity contribution in [1.29, 1.82) is 0 Å². The molecule has 1 N–H and O–H groups in total. The number of methoxy groups -OCH3 is 1. The third kappa shape index (κ3) is 3.18. The standard InChI is InChI=1S/C18H15N3O2/c1-23-16-10-3-2-8-14(16)21-18(22)13-7-6-12-20-17(13)15-9-4-5-11-19-15/h2-12H,1H3,(H,21,22). The first-order chi connectivity index (χ1) is 11.3. The number of aromatic nitrogens is 2. The number of anilines is 1. The summed E-state index contributed by atoms with van der Waals surface area (Å²) in [5.41, 5.74) is 2.26. The third-order valence-corrected chi connectivity index (χ3v) is 3.32. The first-order valence-electron chi connectivity index (χ1n) is 7.10. The smallest absolute Gasteiger partial charge is 0.258 e. The average Bonchev–Trinajstić information content (AvgIpc) is 2.63. The quantitative estimate of drug-likeness (QED) is 0.802. The summed E-state index contributed by atoms with van der Waals surface area (Å²) in [6.45, 7) is 0. The SMILES string of the molecule is COc1ccccc1NC(=O)c1cccnc1-c1ccccn1. The van der Waals surface area contributed by atoms with Gasteiger partial charge in [-0.1, -0.05) is 18.2 Å². The predicted octanol–water partition coefficient (Wildman–Crippen LogP) is 3.40. The van der Waals surface area contributed by atoms with Gasteiger partial charge in [-0.15, -0.1) is 0 Å². The zero-order chi connectivity index (χ0) is 16.1. The van der Waals surface area contributed by atoms with E-state index >= 15 is 0 Å². The van der Waals surface area contributed by atoms with Gasteiger partial charge in [0.25, 0.3) is 5.91 Å². The van der Waals surface area contributed by atoms with Crippen molar-refractivity contribution in [3.8, 4) is 17.1 Å². The van der Waals surface area contributed by atoms with Crippen LogP contribution in [0.4, 0.5) is 5.69 Å². The molecule has 0 fully saturated rings. The topological polar surface area (TPSA) is 64.1 Å². The fourth-order valence-corrected chi connectivity index (χ4v) is 2.23. The molecule has 0 radical (unpaired) electrons. The largest absolute Gasteiger partial charge is 0.495 e. The molecule has 5 nitrogen and oxygen atoms in total. The highest BCUT2D eigenvalue weighted by Gasteiger charge is 2.16. The van der Waals surface area contributed by atoms with Gasteiger partial charge in [0.15, 0.2) is 0 Å². The van der Waals surface area contributed by atoms with Crippen LogP contribution in [-0.4, -0.2) is 23.0 Å². The number of hydrogen-bond donors (Lipinski definition) is 1. The Morgan fingerprint density at radius 1 is 0.957 bits per heavy atom. The number of nitrogens with zero attached hydrogens (tertiary/aromatic N) is 2. The second-order valence-corrected chi connectivity index (χ2v) is 4.77. The second-order valence-electron chi connectivity index (χ2n) is 4.77. The number of ether oxygens (including phenoxy) is 1. The molecule has 3 aromatic rings. The van der Waals surface area contributed by atoms with Crippen LogP contribution in [0, 0.1) is 0 Å². The lowest BCUT2D eigenvalue weighted by Crippen LogP contribution is -2.14. The first kappa shape index (κ1) is 14.7. The molecule has 1 aromatic carbocycles. The molecule has 0 aliphatic heterocycles. The van der Waals surface area contributed by atoms with Gasteiger partial charge in [0, 0.05) is 12.4 Å². The summed E-state index contributed by atoms with van der Waals surface area (Å²) in [4.78, 5) is 21.2. The van der Waals surface area contributed by atoms with Crippen LogP contribution in [0.2, 0.25) is 0 Å². The Kier molecular flexibility index (Phi) is 4.29. The number of amides is 1. The Morgan fingerprint density at radius 2 is 1.74 bits per heavy atom. The monoisotopic (exact) mass is 305 g/mol. The molecule has 3 rings (SSSR count). The van der Waals surface area contributed by atoms with Gasteiger partial charge in [-0.3, -0.25) is 14.8 Å². The van der Waals surface area contributed by atoms with Crippen LogP contribution in [0.3, 0.4) is 0 Å². The Hall–Kier alpha value is -3.21. The highest BCUT2D eigenvalue weighted by molar-refractivity contribution is 6.08. The molecule has 0 bridgehead atoms. The highest BCUT2D eigenvalue weighted by Crippen LogP contribution is 2.25. The summed E-state index contributed by atoms with van der Waals surface area (Å²) in [7, 11) is 1.56. The van der Waals surface area contributed by atoms with Crippen molar-refractivity contribution in [3.63, 3.8) is 0 Å². The van der Waals surface area contributed by atoms with Crippen LogP contribution in [0.25, 0.3) is 11.4 Å². The maximum atomic E-state index is 12.6. The van der Waals surface area contributed by atoms with E-state index in [4.69, 9.17) is 4.74 Å². The molecule has 0 unspecified atom stereocenters. The van der Waals surface area contributed by atoms with Crippen molar-refractivity contribution in [2.45, 2.75) is 0 Å². The molecule has 0 saturated carbocycles. The van der Waals surface area contributed by atoms with E-state index in [1.807, 2.05) is 30.3 Å². The van der Waals surface area contributed by atoms with Gasteiger partial charge in [0.05, 0.1) is 24.1 Å². The fourth-order valence-electron chi connectivity index (χ4n) is 2.23. The summed E-state index contributed by atoms with van der Waals surface area (Å²) in [6.07, 6.45) is 3.32. The van der Waals surface area contributed by atoms with Crippen LogP contribution in [0.1, 0.15) is 10.4 Å². The van der Waals surface area contributed by atoms with Gasteiger partial charge >= 0.3 is 0 Å². The van der Waals surface area contributed by atoms with E-state index in [1.165, 1.54) is 0 Å². The van der Waals surface area contributed by atoms with Gasteiger partial charge in [0.1, 0.15) is 11.4 Å². The van der Waals surface area contributed by atoms with Crippen molar-refractivity contribution < 1.29 is 9.53 Å². The highest BCUT2D eigenvalue weighted by atomic mass is 16.5. The number of nitrogens with one attached hydrogen (secondary N) is 1. The number of carbonyl (C=O) groups excluding carboxylic acids is 1. The fraction of sp³-hybridized carbons (Fsp3) is 0.0556. The zero-order valence-corrected chi connectivity index (χ0v) is 12.6. The maximum Gasteiger partial charge on any atom is 0.258 e. The number of hydrogen-bond acceptors (Lipinski definition) is 4. The molecular formula is C18H15N3O2. The summed E-state index contributed by atoms with van der Waals surface area (Å²) in [5, 5.41) is 2.86. The van der Waals surface area contributed by atoms with Crippen molar-refractivity contribution in [2.24, 2.45) is 0 Å². The number of carbonyl (C=O) groups is 1. The van der Waals surface area contributed by atoms with Gasteiger partial charge < -0.3 is 10.1 Å². The van der Waals surface area contributed by atoms with E-state index in [0.29, 0.717) is 28.4 Å². The van der Waals surface area contributed by atoms with E-state index in [0.717, 1.165) is 0 Å². The van der Waals surface area contributed by atoms with Crippen LogP contribution in [-0.2, 0) is 0 Å². The number of para-hydroxylation sites is 2. The molecule has 0 spiro atoms. The van der Waals surface area contributed by atoms with Crippen molar-refractivity contribution in [2.75, 3.05) is 12.4 Å². The lowest BCUT2D eigenvalue weighted by molar-refractivity contribution is 0.102. The minimum absolute atomic E-state index is 0.261. The van der Waals surface area contributed by atoms with Crippen LogP contribution in [0.15, 0.2) is 67.0 Å². The van der Waals surface area contributed by atoms with E-state index in [9.17, 15) is 4.79 Å². The summed E-state index contributed by atoms with van der Waals surface area (Å²) >= 11 is 0. The summed E-state index contributed by atoms with van der Waals surface area (Å²) in [5.74, 6) is 0.340. The Labute approximate surface area is 134 Å². The third-order valence-electron chi connectivity index (χ3n) is 3.32. The van der Waals surface area contributed by atoms with E-state index in [2.05, 4.69) is 15.3 Å². The molecule has 0 aliphatic rings. The summed E-state index contributed by atoms with van der Waals surface area (Å²) < 4.78 is 5.25. The number of benzene rings is 1. The molecule has 23 heavy (non-hydrogen) atoms. The van der Waals surface area contributed by atoms with Crippen LogP contribution < -0.4 is 10.1 Å². The molecule has 2 heterocycles. The second kappa shape index (κ2) is 6.70. The Balaban J connectivity index is 1.95. The molecule has 2 aromatic heterocycles. The minimum Gasteiger partial charge on any atom is -0.495 e.